The van der Waals surface area contributed by atoms with Gasteiger partial charge in [-0.05, 0) is 0 Å². The third-order valence-corrected chi connectivity index (χ3v) is 4.59. The van der Waals surface area contributed by atoms with Gasteiger partial charge in [0.2, 0.25) is 10.0 Å². The summed E-state index contributed by atoms with van der Waals surface area (Å²) in [4.78, 5) is 0. The molecule has 14 heavy (non-hydrogen) atoms. The summed E-state index contributed by atoms with van der Waals surface area (Å²) in [6.07, 6.45) is 0. The van der Waals surface area contributed by atoms with Gasteiger partial charge in [-0.25, -0.2) is 8.42 Å². The molecule has 6 nitrogen and oxygen atoms in total. The molecule has 0 aromatic carbocycles. The van der Waals surface area contributed by atoms with Crippen LogP contribution in [0.4, 0.5) is 12.3 Å². The van der Waals surface area contributed by atoms with E-state index >= 15 is 0 Å². The molecule has 0 saturated carbocycles. The van der Waals surface area contributed by atoms with E-state index in [1.807, 2.05) is 0 Å². The van der Waals surface area contributed by atoms with Crippen LogP contribution in [0.3, 0.4) is 0 Å². The minimum Gasteiger partial charge on any atom is -0.207 e. The van der Waals surface area contributed by atoms with Crippen LogP contribution in [0, 0.1) is 0 Å². The first-order chi connectivity index (χ1) is 5.97. The van der Waals surface area contributed by atoms with Crippen molar-refractivity contribution in [2.75, 3.05) is 0 Å². The lowest BCUT2D eigenvalue weighted by Crippen LogP contribution is -2.14. The van der Waals surface area contributed by atoms with E-state index in [2.05, 4.69) is 6.58 Å². The molecule has 1 N–H and O–H groups in total. The highest BCUT2D eigenvalue weighted by Gasteiger charge is 2.27. The van der Waals surface area contributed by atoms with Crippen molar-refractivity contribution in [2.24, 2.45) is 4.15 Å². The lowest BCUT2D eigenvalue weighted by atomic mass is 11.3. The Labute approximate surface area is 78.6 Å². The summed E-state index contributed by atoms with van der Waals surface area (Å²) in [5.41, 5.74) is 0. The van der Waals surface area contributed by atoms with Crippen molar-refractivity contribution in [2.45, 2.75) is 0 Å². The van der Waals surface area contributed by atoms with Crippen LogP contribution in [0.2, 0.25) is 0 Å². The molecule has 0 heterocycles. The van der Waals surface area contributed by atoms with Gasteiger partial charge in [-0.2, -0.15) is 16.8 Å². The average Bonchev–Trinajstić information content (AvgIpc) is 1.78. The Morgan fingerprint density at radius 2 is 1.71 bits per heavy atom. The molecule has 0 rings (SSSR count). The third kappa shape index (κ3) is 6.13. The normalized spacial score (nSPS) is 13.6. The zero-order valence-electron chi connectivity index (χ0n) is 6.26. The molecule has 0 aliphatic heterocycles. The predicted molar refractivity (Wildman–Crippen MR) is 43.8 cm³/mol. The number of sulfonamides is 1. The van der Waals surface area contributed by atoms with E-state index in [1.165, 1.54) is 4.15 Å². The smallest absolute Gasteiger partial charge is 0.207 e. The van der Waals surface area contributed by atoms with Crippen LogP contribution in [0.5, 0.6) is 0 Å². The van der Waals surface area contributed by atoms with Crippen LogP contribution in [-0.2, 0) is 20.4 Å². The summed E-state index contributed by atoms with van der Waals surface area (Å²) < 4.78 is 78.7. The van der Waals surface area contributed by atoms with Gasteiger partial charge >= 0.3 is 18.2 Å². The van der Waals surface area contributed by atoms with Crippen molar-refractivity contribution < 1.29 is 29.1 Å². The number of nitrogens with zero attached hydrogens (tertiary/aromatic N) is 1. The maximum absolute atomic E-state index is 12.4. The Bertz CT molecular complexity index is 475. The highest BCUT2D eigenvalue weighted by Crippen LogP contribution is 2.50. The highest BCUT2D eigenvalue weighted by atomic mass is 32.3. The van der Waals surface area contributed by atoms with Crippen molar-refractivity contribution in [3.63, 3.8) is 0 Å². The van der Waals surface area contributed by atoms with Crippen LogP contribution in [0.25, 0.3) is 0 Å². The van der Waals surface area contributed by atoms with Gasteiger partial charge in [0, 0.05) is 5.41 Å². The second kappa shape index (κ2) is 4.01. The van der Waals surface area contributed by atoms with Crippen LogP contribution in [0.15, 0.2) is 16.1 Å². The molecule has 0 fully saturated rings. The van der Waals surface area contributed by atoms with Gasteiger partial charge in [0.05, 0.1) is 0 Å². The Morgan fingerprint density at radius 1 is 1.29 bits per heavy atom. The van der Waals surface area contributed by atoms with Crippen molar-refractivity contribution in [1.29, 1.82) is 0 Å². The second-order valence-corrected chi connectivity index (χ2v) is 6.38. The van der Waals surface area contributed by atoms with E-state index in [-0.39, 0.29) is 5.41 Å². The fourth-order valence-corrected chi connectivity index (χ4v) is 3.27. The third-order valence-electron chi connectivity index (χ3n) is 0.657. The molecule has 0 amide bonds. The van der Waals surface area contributed by atoms with Crippen LogP contribution < -0.4 is 4.49 Å². The van der Waals surface area contributed by atoms with Gasteiger partial charge < -0.3 is 0 Å². The summed E-state index contributed by atoms with van der Waals surface area (Å²) >= 11 is 0. The molecular formula is C2H4F3N2O4PS2. The first-order valence-corrected chi connectivity index (χ1v) is 7.02. The molecule has 0 aliphatic carbocycles. The van der Waals surface area contributed by atoms with E-state index in [9.17, 15) is 29.1 Å². The van der Waals surface area contributed by atoms with E-state index in [4.69, 9.17) is 0 Å². The lowest BCUT2D eigenvalue weighted by Gasteiger charge is -2.03. The second-order valence-electron chi connectivity index (χ2n) is 1.78. The monoisotopic (exact) mass is 272 g/mol. The van der Waals surface area contributed by atoms with E-state index in [0.29, 0.717) is 4.49 Å². The van der Waals surface area contributed by atoms with Crippen LogP contribution >= 0.6 is 7.83 Å². The van der Waals surface area contributed by atoms with Crippen molar-refractivity contribution in [3.05, 3.63) is 12.0 Å². The zero-order valence-corrected chi connectivity index (χ0v) is 8.79. The summed E-state index contributed by atoms with van der Waals surface area (Å²) in [6.45, 7) is 2.66. The molecule has 0 unspecified atom stereocenters. The first kappa shape index (κ1) is 13.6. The van der Waals surface area contributed by atoms with Crippen LogP contribution in [0.1, 0.15) is 0 Å². The SMILES string of the molecule is C=CS(=O)(=O)NP(F)(F)=NS(=O)(=O)F. The van der Waals surface area contributed by atoms with Crippen molar-refractivity contribution in [3.8, 4) is 0 Å². The van der Waals surface area contributed by atoms with E-state index in [1.54, 1.807) is 0 Å². The van der Waals surface area contributed by atoms with Crippen molar-refractivity contribution in [1.82, 2.24) is 4.49 Å². The molecule has 0 radical (unpaired) electrons. The Morgan fingerprint density at radius 3 is 2.00 bits per heavy atom. The Balaban J connectivity index is 5.23. The minimum absolute atomic E-state index is 0.112. The van der Waals surface area contributed by atoms with Crippen LogP contribution in [-0.4, -0.2) is 16.8 Å². The molecule has 0 aliphatic rings. The summed E-state index contributed by atoms with van der Waals surface area (Å²) in [5, 5.41) is 0.112. The topological polar surface area (TPSA) is 92.7 Å². The molecule has 0 aromatic rings. The molecule has 0 saturated heterocycles. The fourth-order valence-electron chi connectivity index (χ4n) is 0.330. The maximum Gasteiger partial charge on any atom is 0.422 e. The molecule has 0 aromatic heterocycles. The van der Waals surface area contributed by atoms with Gasteiger partial charge in [0.15, 0.2) is 0 Å². The molecule has 0 atom stereocenters. The fraction of sp³-hybridized carbons (Fsp3) is 0. The van der Waals surface area contributed by atoms with Gasteiger partial charge in [-0.3, -0.25) is 0 Å². The maximum atomic E-state index is 12.4. The largest absolute Gasteiger partial charge is 0.422 e. The molecular weight excluding hydrogens is 268 g/mol. The predicted octanol–water partition coefficient (Wildman–Crippen LogP) is 1.15. The Hall–Kier alpha value is -0.380. The molecule has 0 bridgehead atoms. The van der Waals surface area contributed by atoms with Gasteiger partial charge in [-0.1, -0.05) is 14.6 Å². The number of hydrogen-bond acceptors (Lipinski definition) is 4. The summed E-state index contributed by atoms with van der Waals surface area (Å²) in [6, 6.07) is 0. The lowest BCUT2D eigenvalue weighted by molar-refractivity contribution is 0.553. The molecule has 12 heteroatoms. The zero-order chi connectivity index (χ0) is 11.6. The average molecular weight is 272 g/mol. The molecule has 84 valence electrons. The number of halogens is 3. The quantitative estimate of drug-likeness (QED) is 0.613. The van der Waals surface area contributed by atoms with Gasteiger partial charge in [-0.15, -0.1) is 4.49 Å². The Kier molecular flexibility index (Phi) is 3.90. The van der Waals surface area contributed by atoms with Crippen molar-refractivity contribution >= 4 is 28.3 Å². The van der Waals surface area contributed by atoms with E-state index in [0.717, 1.165) is 0 Å². The number of rotatable bonds is 4. The standard InChI is InChI=1S/C2H4F3N2O4PS2/c1-2-13(8,9)6-12(3,4)7-14(5,10)11/h2,6H,1H2. The van der Waals surface area contributed by atoms with Gasteiger partial charge in [0.1, 0.15) is 0 Å². The minimum atomic E-state index is -5.95. The van der Waals surface area contributed by atoms with Gasteiger partial charge in [0.25, 0.3) is 0 Å². The summed E-state index contributed by atoms with van der Waals surface area (Å²) in [5.74, 6) is 0. The number of hydrogen-bond donors (Lipinski definition) is 1. The first-order valence-electron chi connectivity index (χ1n) is 2.61. The number of nitrogens with one attached hydrogen (secondary N) is 1. The van der Waals surface area contributed by atoms with E-state index < -0.39 is 28.3 Å². The highest BCUT2D eigenvalue weighted by molar-refractivity contribution is 7.98. The summed E-state index contributed by atoms with van der Waals surface area (Å²) in [7, 11) is -16.3. The molecule has 0 spiro atoms.